The summed E-state index contributed by atoms with van der Waals surface area (Å²) in [5, 5.41) is 3.05. The molecule has 0 saturated carbocycles. The Morgan fingerprint density at radius 2 is 1.24 bits per heavy atom. The molecule has 3 aromatic rings. The molecule has 194 valence electrons. The van der Waals surface area contributed by atoms with Crippen LogP contribution in [0.3, 0.4) is 0 Å². The predicted molar refractivity (Wildman–Crippen MR) is 156 cm³/mol. The lowest BCUT2D eigenvalue weighted by atomic mass is 10.1. The molecule has 8 heteroatoms. The number of carbonyl (C=O) groups is 1. The minimum absolute atomic E-state index is 0.139. The molecule has 37 heavy (non-hydrogen) atoms. The third-order valence-electron chi connectivity index (χ3n) is 5.09. The topological polar surface area (TPSA) is 60.0 Å². The van der Waals surface area contributed by atoms with E-state index in [1.54, 1.807) is 4.90 Å². The quantitative estimate of drug-likeness (QED) is 0.344. The van der Waals surface area contributed by atoms with E-state index in [4.69, 9.17) is 38.6 Å². The van der Waals surface area contributed by atoms with Crippen molar-refractivity contribution in [2.75, 3.05) is 11.4 Å². The number of rotatable bonds is 6. The fourth-order valence-electron chi connectivity index (χ4n) is 3.23. The lowest BCUT2D eigenvalue weighted by Gasteiger charge is -2.25. The van der Waals surface area contributed by atoms with E-state index in [1.165, 1.54) is 0 Å². The van der Waals surface area contributed by atoms with Crippen molar-refractivity contribution in [1.29, 1.82) is 0 Å². The van der Waals surface area contributed by atoms with Crippen LogP contribution in [0.2, 0.25) is 0 Å². The van der Waals surface area contributed by atoms with Crippen molar-refractivity contribution in [3.8, 4) is 11.5 Å². The molecule has 1 N–H and O–H groups in total. The first kappa shape index (κ1) is 28.1. The standard InChI is InChI=1S/C29H32N2O4S2/c1-20-6-14-24(15-7-20)33-27(36)31(28(37)34-25-16-8-21(2)9-17-25)23-12-10-22(11-13-23)18-19-30-26(32)35-29(3,4)5/h6-17H,18-19H2,1-5H3,(H,30,32). The first-order valence-electron chi connectivity index (χ1n) is 11.9. The second kappa shape index (κ2) is 12.7. The van der Waals surface area contributed by atoms with Crippen molar-refractivity contribution < 1.29 is 19.0 Å². The van der Waals surface area contributed by atoms with Crippen LogP contribution < -0.4 is 19.7 Å². The minimum Gasteiger partial charge on any atom is -0.444 e. The van der Waals surface area contributed by atoms with Gasteiger partial charge in [-0.15, -0.1) is 0 Å². The molecule has 0 spiro atoms. The lowest BCUT2D eigenvalue weighted by molar-refractivity contribution is 0.0528. The Bertz CT molecular complexity index is 1160. The molecule has 0 bridgehead atoms. The van der Waals surface area contributed by atoms with Gasteiger partial charge < -0.3 is 19.5 Å². The number of benzene rings is 3. The molecule has 0 aromatic heterocycles. The van der Waals surface area contributed by atoms with Gasteiger partial charge >= 0.3 is 6.09 Å². The number of hydrogen-bond donors (Lipinski definition) is 1. The van der Waals surface area contributed by atoms with Gasteiger partial charge in [0.05, 0.1) is 5.69 Å². The van der Waals surface area contributed by atoms with E-state index >= 15 is 0 Å². The molecule has 0 aliphatic rings. The van der Waals surface area contributed by atoms with Gasteiger partial charge in [-0.2, -0.15) is 0 Å². The van der Waals surface area contributed by atoms with Crippen LogP contribution in [0.5, 0.6) is 11.5 Å². The summed E-state index contributed by atoms with van der Waals surface area (Å²) in [5.41, 5.74) is 3.41. The number of anilines is 1. The Kier molecular flexibility index (Phi) is 9.60. The van der Waals surface area contributed by atoms with Crippen LogP contribution in [0.1, 0.15) is 37.5 Å². The smallest absolute Gasteiger partial charge is 0.407 e. The van der Waals surface area contributed by atoms with Crippen molar-refractivity contribution in [3.63, 3.8) is 0 Å². The highest BCUT2D eigenvalue weighted by atomic mass is 32.1. The molecular weight excluding hydrogens is 504 g/mol. The van der Waals surface area contributed by atoms with E-state index in [9.17, 15) is 4.79 Å². The van der Waals surface area contributed by atoms with Gasteiger partial charge in [0.2, 0.25) is 0 Å². The fraction of sp³-hybridized carbons (Fsp3) is 0.276. The average molecular weight is 537 g/mol. The monoisotopic (exact) mass is 536 g/mol. The number of thiocarbonyl (C=S) groups is 2. The van der Waals surface area contributed by atoms with Crippen LogP contribution >= 0.6 is 24.4 Å². The predicted octanol–water partition coefficient (Wildman–Crippen LogP) is 6.90. The number of alkyl carbamates (subject to hydrolysis) is 1. The number of nitrogens with one attached hydrogen (secondary N) is 1. The fourth-order valence-corrected chi connectivity index (χ4v) is 3.85. The van der Waals surface area contributed by atoms with Crippen LogP contribution in [-0.4, -0.2) is 28.6 Å². The molecule has 0 radical (unpaired) electrons. The van der Waals surface area contributed by atoms with Crippen LogP contribution in [0.4, 0.5) is 10.5 Å². The zero-order valence-electron chi connectivity index (χ0n) is 21.7. The van der Waals surface area contributed by atoms with Crippen LogP contribution in [0, 0.1) is 13.8 Å². The molecule has 1 amide bonds. The number of nitrogens with zero attached hydrogens (tertiary/aromatic N) is 1. The number of amides is 1. The van der Waals surface area contributed by atoms with E-state index in [0.29, 0.717) is 30.2 Å². The van der Waals surface area contributed by atoms with Crippen molar-refractivity contribution in [2.24, 2.45) is 0 Å². The van der Waals surface area contributed by atoms with Gasteiger partial charge in [-0.05, 0) is 107 Å². The molecule has 0 heterocycles. The zero-order valence-corrected chi connectivity index (χ0v) is 23.4. The minimum atomic E-state index is -0.534. The maximum absolute atomic E-state index is 11.9. The highest BCUT2D eigenvalue weighted by Crippen LogP contribution is 2.22. The van der Waals surface area contributed by atoms with Crippen molar-refractivity contribution in [3.05, 3.63) is 89.5 Å². The molecule has 0 saturated heterocycles. The number of carbonyl (C=O) groups excluding carboxylic acids is 1. The Labute approximate surface area is 229 Å². The van der Waals surface area contributed by atoms with E-state index in [2.05, 4.69) is 5.32 Å². The summed E-state index contributed by atoms with van der Waals surface area (Å²) < 4.78 is 17.2. The summed E-state index contributed by atoms with van der Waals surface area (Å²) in [5.74, 6) is 1.20. The second-order valence-corrected chi connectivity index (χ2v) is 10.2. The maximum Gasteiger partial charge on any atom is 0.407 e. The summed E-state index contributed by atoms with van der Waals surface area (Å²) in [6.45, 7) is 9.94. The molecule has 0 aliphatic carbocycles. The molecule has 6 nitrogen and oxygen atoms in total. The normalized spacial score (nSPS) is 10.8. The SMILES string of the molecule is Cc1ccc(OC(=S)N(C(=S)Oc2ccc(C)cc2)c2ccc(CCNC(=O)OC(C)(C)C)cc2)cc1. The van der Waals surface area contributed by atoms with Crippen LogP contribution in [0.15, 0.2) is 72.8 Å². The highest BCUT2D eigenvalue weighted by molar-refractivity contribution is 7.82. The Morgan fingerprint density at radius 1 is 0.784 bits per heavy atom. The van der Waals surface area contributed by atoms with Crippen molar-refractivity contribution in [1.82, 2.24) is 5.32 Å². The van der Waals surface area contributed by atoms with Crippen LogP contribution in [-0.2, 0) is 11.2 Å². The van der Waals surface area contributed by atoms with Gasteiger partial charge in [0.25, 0.3) is 10.3 Å². The summed E-state index contributed by atoms with van der Waals surface area (Å²) in [7, 11) is 0. The summed E-state index contributed by atoms with van der Waals surface area (Å²) in [4.78, 5) is 13.5. The molecule has 0 aliphatic heterocycles. The largest absolute Gasteiger partial charge is 0.444 e. The Hall–Kier alpha value is -3.49. The van der Waals surface area contributed by atoms with E-state index in [0.717, 1.165) is 16.7 Å². The van der Waals surface area contributed by atoms with Crippen LogP contribution in [0.25, 0.3) is 0 Å². The number of aryl methyl sites for hydroxylation is 2. The molecule has 0 unspecified atom stereocenters. The lowest BCUT2D eigenvalue weighted by Crippen LogP contribution is -2.40. The van der Waals surface area contributed by atoms with Crippen molar-refractivity contribution >= 4 is 46.6 Å². The zero-order chi connectivity index (χ0) is 27.0. The summed E-state index contributed by atoms with van der Waals surface area (Å²) in [6.07, 6.45) is 0.196. The molecule has 0 fully saturated rings. The van der Waals surface area contributed by atoms with Gasteiger partial charge in [0.15, 0.2) is 0 Å². The third kappa shape index (κ3) is 9.15. The van der Waals surface area contributed by atoms with Gasteiger partial charge in [-0.25, -0.2) is 9.69 Å². The van der Waals surface area contributed by atoms with Gasteiger partial charge in [0.1, 0.15) is 17.1 Å². The second-order valence-electron chi connectivity index (χ2n) is 9.54. The third-order valence-corrected chi connectivity index (χ3v) is 5.63. The first-order valence-corrected chi connectivity index (χ1v) is 12.7. The first-order chi connectivity index (χ1) is 17.5. The summed E-state index contributed by atoms with van der Waals surface area (Å²) >= 11 is 11.3. The highest BCUT2D eigenvalue weighted by Gasteiger charge is 2.22. The molecule has 0 atom stereocenters. The van der Waals surface area contributed by atoms with Gasteiger partial charge in [0, 0.05) is 6.54 Å². The average Bonchev–Trinajstić information content (AvgIpc) is 2.82. The maximum atomic E-state index is 11.9. The van der Waals surface area contributed by atoms with E-state index < -0.39 is 11.7 Å². The Balaban J connectivity index is 1.73. The van der Waals surface area contributed by atoms with Crippen molar-refractivity contribution in [2.45, 2.75) is 46.6 Å². The molecule has 3 rings (SSSR count). The van der Waals surface area contributed by atoms with Gasteiger partial charge in [-0.3, -0.25) is 0 Å². The van der Waals surface area contributed by atoms with E-state index in [1.807, 2.05) is 107 Å². The van der Waals surface area contributed by atoms with E-state index in [-0.39, 0.29) is 10.3 Å². The Morgan fingerprint density at radius 3 is 1.68 bits per heavy atom. The summed E-state index contributed by atoms with van der Waals surface area (Å²) in [6, 6.07) is 22.9. The van der Waals surface area contributed by atoms with Gasteiger partial charge in [-0.1, -0.05) is 47.5 Å². The number of ether oxygens (including phenoxy) is 3. The molecular formula is C29H32N2O4S2. The number of hydrogen-bond acceptors (Lipinski definition) is 6. The molecule has 3 aromatic carbocycles.